The summed E-state index contributed by atoms with van der Waals surface area (Å²) in [6.45, 7) is 2.05. The third kappa shape index (κ3) is 1.28. The highest BCUT2D eigenvalue weighted by Crippen LogP contribution is 2.47. The monoisotopic (exact) mass is 205 g/mol. The maximum absolute atomic E-state index is 5.87. The Morgan fingerprint density at radius 3 is 2.50 bits per heavy atom. The molecule has 2 rings (SSSR count). The molecule has 1 heterocycles. The first-order valence-electron chi connectivity index (χ1n) is 4.47. The molecule has 3 heteroatoms. The highest BCUT2D eigenvalue weighted by molar-refractivity contribution is 6.36. The van der Waals surface area contributed by atoms with Crippen molar-refractivity contribution in [2.75, 3.05) is 13.1 Å². The first kappa shape index (κ1) is 8.86. The fourth-order valence-electron chi connectivity index (χ4n) is 2.20. The lowest BCUT2D eigenvalue weighted by Crippen LogP contribution is -2.63. The van der Waals surface area contributed by atoms with Crippen LogP contribution in [0.5, 0.6) is 0 Å². The van der Waals surface area contributed by atoms with Gasteiger partial charge in [0, 0.05) is 29.2 Å². The van der Waals surface area contributed by atoms with Gasteiger partial charge in [-0.05, 0) is 25.7 Å². The molecular weight excluding hydrogens is 193 g/mol. The molecule has 0 atom stereocenters. The summed E-state index contributed by atoms with van der Waals surface area (Å²) in [5, 5.41) is 0.766. The topological polar surface area (TPSA) is 3.24 Å². The van der Waals surface area contributed by atoms with E-state index in [4.69, 9.17) is 23.2 Å². The van der Waals surface area contributed by atoms with E-state index in [9.17, 15) is 0 Å². The Kier molecular flexibility index (Phi) is 2.37. The number of hydrogen-bond donors (Lipinski definition) is 0. The molecule has 0 amide bonds. The van der Waals surface area contributed by atoms with Gasteiger partial charge in [-0.2, -0.15) is 0 Å². The van der Waals surface area contributed by atoms with Gasteiger partial charge in [0.25, 0.3) is 0 Å². The molecule has 1 nitrogen and oxygen atoms in total. The molecule has 2 aliphatic rings. The van der Waals surface area contributed by atoms with Crippen LogP contribution in [-0.2, 0) is 0 Å². The third-order valence-corrected chi connectivity index (χ3v) is 3.87. The first-order valence-corrected chi connectivity index (χ1v) is 5.28. The molecule has 0 aromatic rings. The highest BCUT2D eigenvalue weighted by atomic mass is 35.5. The van der Waals surface area contributed by atoms with Gasteiger partial charge >= 0.3 is 0 Å². The largest absolute Gasteiger partial charge is 0.292 e. The zero-order valence-electron chi connectivity index (χ0n) is 7.02. The Hall–Kier alpha value is 0.280. The Morgan fingerprint density at radius 1 is 1.42 bits per heavy atom. The van der Waals surface area contributed by atoms with Crippen LogP contribution in [0, 0.1) is 0 Å². The van der Waals surface area contributed by atoms with E-state index in [1.54, 1.807) is 0 Å². The second-order valence-corrected chi connectivity index (χ2v) is 4.51. The number of rotatable bonds is 2. The van der Waals surface area contributed by atoms with E-state index in [-0.39, 0.29) is 0 Å². The summed E-state index contributed by atoms with van der Waals surface area (Å²) in [6.07, 6.45) is 5.47. The summed E-state index contributed by atoms with van der Waals surface area (Å²) in [5.74, 6) is 0. The molecule has 0 aromatic heterocycles. The fourth-order valence-corrected chi connectivity index (χ4v) is 2.41. The van der Waals surface area contributed by atoms with Crippen LogP contribution in [0.15, 0.2) is 10.6 Å². The highest BCUT2D eigenvalue weighted by Gasteiger charge is 2.48. The lowest BCUT2D eigenvalue weighted by atomic mass is 9.68. The quantitative estimate of drug-likeness (QED) is 0.671. The minimum Gasteiger partial charge on any atom is -0.292 e. The fraction of sp³-hybridized carbons (Fsp3) is 0.778. The zero-order chi connectivity index (χ0) is 8.60. The van der Waals surface area contributed by atoms with Crippen molar-refractivity contribution in [3.8, 4) is 0 Å². The molecule has 2 fully saturated rings. The Morgan fingerprint density at radius 2 is 2.17 bits per heavy atom. The summed E-state index contributed by atoms with van der Waals surface area (Å²) in [6, 6.07) is 0. The van der Waals surface area contributed by atoms with E-state index in [1.165, 1.54) is 37.8 Å². The molecule has 1 saturated carbocycles. The van der Waals surface area contributed by atoms with Crippen LogP contribution in [0.3, 0.4) is 0 Å². The summed E-state index contributed by atoms with van der Waals surface area (Å²) >= 11 is 11.4. The molecular formula is C9H13Cl2N. The van der Waals surface area contributed by atoms with Gasteiger partial charge in [0.05, 0.1) is 0 Å². The Balaban J connectivity index is 1.89. The van der Waals surface area contributed by atoms with Crippen LogP contribution in [0.1, 0.15) is 25.7 Å². The van der Waals surface area contributed by atoms with Crippen molar-refractivity contribution < 1.29 is 0 Å². The van der Waals surface area contributed by atoms with Crippen molar-refractivity contribution in [3.63, 3.8) is 0 Å². The van der Waals surface area contributed by atoms with Crippen molar-refractivity contribution in [2.45, 2.75) is 31.2 Å². The van der Waals surface area contributed by atoms with E-state index in [0.29, 0.717) is 5.54 Å². The van der Waals surface area contributed by atoms with Crippen molar-refractivity contribution in [1.29, 1.82) is 0 Å². The molecule has 0 N–H and O–H groups in total. The van der Waals surface area contributed by atoms with Crippen molar-refractivity contribution >= 4 is 23.2 Å². The van der Waals surface area contributed by atoms with Gasteiger partial charge in [-0.25, -0.2) is 0 Å². The lowest BCUT2D eigenvalue weighted by Gasteiger charge is -2.58. The SMILES string of the molecule is Cl/C=C(/Cl)CN1CCC12CCC2. The summed E-state index contributed by atoms with van der Waals surface area (Å²) in [4.78, 5) is 2.46. The van der Waals surface area contributed by atoms with Gasteiger partial charge in [-0.3, -0.25) is 4.90 Å². The van der Waals surface area contributed by atoms with Gasteiger partial charge in [0.15, 0.2) is 0 Å². The summed E-state index contributed by atoms with van der Waals surface area (Å²) in [7, 11) is 0. The first-order chi connectivity index (χ1) is 5.77. The van der Waals surface area contributed by atoms with Crippen molar-refractivity contribution in [1.82, 2.24) is 4.90 Å². The molecule has 0 bridgehead atoms. The Bertz CT molecular complexity index is 203. The molecule has 1 saturated heterocycles. The molecule has 1 aliphatic carbocycles. The standard InChI is InChI=1S/C9H13Cl2N/c10-6-8(11)7-12-5-4-9(12)2-1-3-9/h6H,1-5,7H2/b8-6+. The maximum Gasteiger partial charge on any atom is 0.0434 e. The minimum absolute atomic E-state index is 0.542. The van der Waals surface area contributed by atoms with Gasteiger partial charge < -0.3 is 0 Å². The predicted octanol–water partition coefficient (Wildman–Crippen LogP) is 2.93. The predicted molar refractivity (Wildman–Crippen MR) is 52.6 cm³/mol. The smallest absolute Gasteiger partial charge is 0.0434 e. The normalized spacial score (nSPS) is 28.3. The van der Waals surface area contributed by atoms with Crippen molar-refractivity contribution in [2.24, 2.45) is 0 Å². The van der Waals surface area contributed by atoms with Crippen LogP contribution in [0.4, 0.5) is 0 Å². The van der Waals surface area contributed by atoms with Crippen LogP contribution in [0.25, 0.3) is 0 Å². The molecule has 0 aromatic carbocycles. The van der Waals surface area contributed by atoms with Crippen LogP contribution in [-0.4, -0.2) is 23.5 Å². The molecule has 1 aliphatic heterocycles. The van der Waals surface area contributed by atoms with Crippen molar-refractivity contribution in [3.05, 3.63) is 10.6 Å². The van der Waals surface area contributed by atoms with E-state index in [1.807, 2.05) is 0 Å². The van der Waals surface area contributed by atoms with E-state index in [0.717, 1.165) is 11.6 Å². The number of nitrogens with zero attached hydrogens (tertiary/aromatic N) is 1. The van der Waals surface area contributed by atoms with E-state index < -0.39 is 0 Å². The summed E-state index contributed by atoms with van der Waals surface area (Å²) < 4.78 is 0. The zero-order valence-corrected chi connectivity index (χ0v) is 8.53. The van der Waals surface area contributed by atoms with E-state index >= 15 is 0 Å². The van der Waals surface area contributed by atoms with Crippen LogP contribution in [0.2, 0.25) is 0 Å². The molecule has 12 heavy (non-hydrogen) atoms. The van der Waals surface area contributed by atoms with E-state index in [2.05, 4.69) is 4.90 Å². The number of likely N-dealkylation sites (tertiary alicyclic amines) is 1. The number of halogens is 2. The second kappa shape index (κ2) is 3.21. The van der Waals surface area contributed by atoms with Gasteiger partial charge in [0.1, 0.15) is 0 Å². The average molecular weight is 206 g/mol. The molecule has 0 radical (unpaired) electrons. The Labute approximate surface area is 83.3 Å². The van der Waals surface area contributed by atoms with Gasteiger partial charge in [0.2, 0.25) is 0 Å². The second-order valence-electron chi connectivity index (χ2n) is 3.81. The average Bonchev–Trinajstić information content (AvgIpc) is 1.94. The van der Waals surface area contributed by atoms with Crippen LogP contribution >= 0.6 is 23.2 Å². The minimum atomic E-state index is 0.542. The number of hydrogen-bond acceptors (Lipinski definition) is 1. The summed E-state index contributed by atoms with van der Waals surface area (Å²) in [5.41, 5.74) is 2.02. The van der Waals surface area contributed by atoms with Crippen LogP contribution < -0.4 is 0 Å². The maximum atomic E-state index is 5.87. The lowest BCUT2D eigenvalue weighted by molar-refractivity contribution is -0.0646. The molecule has 68 valence electrons. The molecule has 1 spiro atoms. The molecule has 0 unspecified atom stereocenters. The third-order valence-electron chi connectivity index (χ3n) is 3.26. The van der Waals surface area contributed by atoms with Gasteiger partial charge in [-0.1, -0.05) is 23.2 Å². The van der Waals surface area contributed by atoms with Gasteiger partial charge in [-0.15, -0.1) is 0 Å².